The van der Waals surface area contributed by atoms with Crippen molar-refractivity contribution in [3.8, 4) is 22.3 Å². The molecule has 90 heavy (non-hydrogen) atoms. The Kier molecular flexibility index (Phi) is 26.3. The Morgan fingerprint density at radius 3 is 1.10 bits per heavy atom. The Labute approximate surface area is 564 Å². The van der Waals surface area contributed by atoms with E-state index in [2.05, 4.69) is 126 Å². The molecule has 488 valence electrons. The number of halogens is 2. The molecule has 4 aromatic rings. The summed E-state index contributed by atoms with van der Waals surface area (Å²) in [5, 5.41) is 0. The summed E-state index contributed by atoms with van der Waals surface area (Å²) in [4.78, 5) is 35.2. The van der Waals surface area contributed by atoms with Gasteiger partial charge in [-0.2, -0.15) is 0 Å². The van der Waals surface area contributed by atoms with Crippen LogP contribution in [0, 0.1) is 0 Å². The zero-order chi connectivity index (χ0) is 62.7. The maximum absolute atomic E-state index is 15.7. The van der Waals surface area contributed by atoms with Crippen LogP contribution >= 0.6 is 31.9 Å². The van der Waals surface area contributed by atoms with Gasteiger partial charge in [-0.3, -0.25) is 14.5 Å². The quantitative estimate of drug-likeness (QED) is 0.0414. The molecule has 6 aliphatic rings. The molecular weight excluding hydrogens is 1230 g/mol. The first kappa shape index (κ1) is 68.8. The zero-order valence-corrected chi connectivity index (χ0v) is 60.1. The minimum atomic E-state index is -0.150. The van der Waals surface area contributed by atoms with Crippen LogP contribution in [0.25, 0.3) is 39.7 Å². The van der Waals surface area contributed by atoms with E-state index in [4.69, 9.17) is 0 Å². The molecule has 4 heterocycles. The molecule has 4 nitrogen and oxygen atoms in total. The highest BCUT2D eigenvalue weighted by molar-refractivity contribution is 9.10. The molecule has 0 N–H and O–H groups in total. The fraction of sp³-hybridized carbons (Fsp3) is 0.619. The summed E-state index contributed by atoms with van der Waals surface area (Å²) in [7, 11) is 0. The highest BCUT2D eigenvalue weighted by atomic mass is 79.9. The number of carbonyl (C=O) groups excluding carboxylic acids is 2. The molecule has 2 aliphatic carbocycles. The number of carbonyl (C=O) groups is 2. The maximum Gasteiger partial charge on any atom is 0.265 e. The predicted molar refractivity (Wildman–Crippen MR) is 392 cm³/mol. The lowest BCUT2D eigenvalue weighted by Gasteiger charge is -2.35. The second-order valence-electron chi connectivity index (χ2n) is 29.0. The molecular formula is C84H116Br2N2O2. The number of benzene rings is 4. The minimum absolute atomic E-state index is 0.00200. The van der Waals surface area contributed by atoms with E-state index in [1.165, 1.54) is 307 Å². The molecule has 0 saturated heterocycles. The van der Waals surface area contributed by atoms with Crippen molar-refractivity contribution in [2.45, 2.75) is 327 Å². The van der Waals surface area contributed by atoms with E-state index < -0.39 is 0 Å². The molecule has 6 heteroatoms. The molecule has 0 atom stereocenters. The van der Waals surface area contributed by atoms with Crippen molar-refractivity contribution < 1.29 is 9.59 Å². The third-order valence-electron chi connectivity index (χ3n) is 22.5. The van der Waals surface area contributed by atoms with Gasteiger partial charge in [0.1, 0.15) is 0 Å². The molecule has 0 aromatic heterocycles. The first-order valence-electron chi connectivity index (χ1n) is 38.0. The van der Waals surface area contributed by atoms with Crippen LogP contribution in [0.1, 0.15) is 355 Å². The first-order valence-corrected chi connectivity index (χ1v) is 39.6. The van der Waals surface area contributed by atoms with E-state index in [1.54, 1.807) is 0 Å². The lowest BCUT2D eigenvalue weighted by molar-refractivity contribution is -0.123. The predicted octanol–water partition coefficient (Wildman–Crippen LogP) is 26.3. The van der Waals surface area contributed by atoms with Crippen LogP contribution in [-0.4, -0.2) is 28.2 Å². The van der Waals surface area contributed by atoms with E-state index in [0.29, 0.717) is 17.7 Å². The number of amides is 2. The summed E-state index contributed by atoms with van der Waals surface area (Å²) in [5.74, 6) is -0.0489. The fourth-order valence-corrected chi connectivity index (χ4v) is 18.2. The van der Waals surface area contributed by atoms with Crippen LogP contribution in [0.5, 0.6) is 0 Å². The number of unbranched alkanes of at least 4 members (excludes halogenated alkanes) is 36. The van der Waals surface area contributed by atoms with Crippen molar-refractivity contribution >= 4 is 61.1 Å². The third-order valence-corrected chi connectivity index (χ3v) is 23.5. The monoisotopic (exact) mass is 1340 g/mol. The fourth-order valence-electron chi connectivity index (χ4n) is 17.5. The lowest BCUT2D eigenvalue weighted by atomic mass is 9.70. The Morgan fingerprint density at radius 2 is 0.700 bits per heavy atom. The molecule has 10 rings (SSSR count). The van der Waals surface area contributed by atoms with Gasteiger partial charge in [0.25, 0.3) is 11.8 Å². The van der Waals surface area contributed by atoms with Gasteiger partial charge in [0, 0.05) is 43.6 Å². The van der Waals surface area contributed by atoms with Gasteiger partial charge in [0.2, 0.25) is 0 Å². The smallest absolute Gasteiger partial charge is 0.265 e. The zero-order valence-electron chi connectivity index (χ0n) is 56.9. The SMILES string of the molecule is CCCCCCCCCCCCC1(CCCCCCCCCCCC)c2cc(Br)ccc2-c2cc3c(cc21)C1=C2C(=O)N4CCc5cc6c(cc5C4=C2C(=O)N1C=C3)C(CCCCCCCCCCCC)(CCCCCCCCCCCC)c1cc(Br)ccc1-6. The lowest BCUT2D eigenvalue weighted by Crippen LogP contribution is -2.34. The van der Waals surface area contributed by atoms with Gasteiger partial charge in [0.05, 0.1) is 22.5 Å². The van der Waals surface area contributed by atoms with Gasteiger partial charge in [-0.1, -0.05) is 335 Å². The molecule has 4 aromatic carbocycles. The van der Waals surface area contributed by atoms with Crippen molar-refractivity contribution in [1.82, 2.24) is 9.80 Å². The van der Waals surface area contributed by atoms with Crippen molar-refractivity contribution in [2.24, 2.45) is 0 Å². The normalized spacial score (nSPS) is 16.0. The Bertz CT molecular complexity index is 3090. The van der Waals surface area contributed by atoms with Crippen LogP contribution in [0.4, 0.5) is 0 Å². The van der Waals surface area contributed by atoms with Crippen LogP contribution in [-0.2, 0) is 26.8 Å². The largest absolute Gasteiger partial charge is 0.306 e. The average molecular weight is 1350 g/mol. The molecule has 0 fully saturated rings. The van der Waals surface area contributed by atoms with E-state index in [9.17, 15) is 0 Å². The minimum Gasteiger partial charge on any atom is -0.306 e. The van der Waals surface area contributed by atoms with Crippen molar-refractivity contribution in [1.29, 1.82) is 0 Å². The van der Waals surface area contributed by atoms with E-state index in [1.807, 2.05) is 16.0 Å². The van der Waals surface area contributed by atoms with Crippen LogP contribution in [0.2, 0.25) is 0 Å². The first-order chi connectivity index (χ1) is 44.2. The second-order valence-corrected chi connectivity index (χ2v) is 30.8. The number of hydrogen-bond acceptors (Lipinski definition) is 2. The van der Waals surface area contributed by atoms with Gasteiger partial charge in [0.15, 0.2) is 0 Å². The second kappa shape index (κ2) is 34.4. The van der Waals surface area contributed by atoms with Gasteiger partial charge in [-0.25, -0.2) is 0 Å². The molecule has 0 unspecified atom stereocenters. The average Bonchev–Trinajstić information content (AvgIpc) is 1.53. The molecule has 0 spiro atoms. The summed E-state index contributed by atoms with van der Waals surface area (Å²) in [6.07, 6.45) is 62.4. The highest BCUT2D eigenvalue weighted by Crippen LogP contribution is 2.60. The third kappa shape index (κ3) is 15.7. The van der Waals surface area contributed by atoms with Gasteiger partial charge >= 0.3 is 0 Å². The highest BCUT2D eigenvalue weighted by Gasteiger charge is 2.53. The van der Waals surface area contributed by atoms with Crippen LogP contribution in [0.15, 0.2) is 87.0 Å². The van der Waals surface area contributed by atoms with E-state index in [-0.39, 0.29) is 22.6 Å². The van der Waals surface area contributed by atoms with Crippen LogP contribution in [0.3, 0.4) is 0 Å². The van der Waals surface area contributed by atoms with E-state index >= 15 is 9.59 Å². The Balaban J connectivity index is 0.983. The van der Waals surface area contributed by atoms with Crippen molar-refractivity contribution in [3.05, 3.63) is 131 Å². The van der Waals surface area contributed by atoms with Crippen molar-refractivity contribution in [2.75, 3.05) is 6.54 Å². The number of nitrogens with zero attached hydrogens (tertiary/aromatic N) is 2. The maximum atomic E-state index is 15.7. The topological polar surface area (TPSA) is 40.6 Å². The van der Waals surface area contributed by atoms with Gasteiger partial charge < -0.3 is 4.90 Å². The summed E-state index contributed by atoms with van der Waals surface area (Å²) >= 11 is 7.99. The molecule has 0 saturated carbocycles. The van der Waals surface area contributed by atoms with Crippen molar-refractivity contribution in [3.63, 3.8) is 0 Å². The number of hydrogen-bond donors (Lipinski definition) is 0. The Morgan fingerprint density at radius 1 is 0.356 bits per heavy atom. The van der Waals surface area contributed by atoms with Gasteiger partial charge in [-0.05, 0) is 136 Å². The van der Waals surface area contributed by atoms with Gasteiger partial charge in [-0.15, -0.1) is 0 Å². The Hall–Kier alpha value is -4.00. The summed E-state index contributed by atoms with van der Waals surface area (Å²) in [6.45, 7) is 9.83. The van der Waals surface area contributed by atoms with Crippen LogP contribution < -0.4 is 0 Å². The molecule has 0 bridgehead atoms. The summed E-state index contributed by atoms with van der Waals surface area (Å²) < 4.78 is 2.30. The molecule has 2 amide bonds. The molecule has 4 aliphatic heterocycles. The number of fused-ring (bicyclic) bond motifs is 13. The standard InChI is InChI=1S/C84H116Br2N2O2/c1-5-9-13-17-21-25-29-33-37-41-51-83(52-42-38-34-30-26-22-18-14-10-6-2)73-59-65(85)45-47-67(73)71-57-63-49-55-87-79(69(63)61-75(71)83)77-78(82(87)90)80-70-62-76-72(58-64(70)50-56-88(80)81(77)89)68-48-46-66(86)60-74(68)84(76,53-43-39-35-31-27-23-19-15-11-7-3)54-44-40-36-32-28-24-20-16-12-8-4/h45-49,55,57-62H,5-44,50-54,56H2,1-4H3. The van der Waals surface area contributed by atoms with E-state index in [0.717, 1.165) is 69.1 Å². The summed E-state index contributed by atoms with van der Waals surface area (Å²) in [6, 6.07) is 24.2. The molecule has 0 radical (unpaired) electrons. The number of rotatable bonds is 44. The summed E-state index contributed by atoms with van der Waals surface area (Å²) in [5.41, 5.74) is 18.4.